The first kappa shape index (κ1) is 12.0. The molecule has 0 saturated heterocycles. The fourth-order valence-corrected chi connectivity index (χ4v) is 3.08. The SMILES string of the molecule is CC1CCn2c(cnc2Cc2ccccc2Br)C1. The van der Waals surface area contributed by atoms with Gasteiger partial charge >= 0.3 is 0 Å². The highest BCUT2D eigenvalue weighted by Gasteiger charge is 2.18. The summed E-state index contributed by atoms with van der Waals surface area (Å²) in [6.07, 6.45) is 5.41. The zero-order valence-corrected chi connectivity index (χ0v) is 12.2. The molecule has 0 spiro atoms. The quantitative estimate of drug-likeness (QED) is 0.825. The van der Waals surface area contributed by atoms with Crippen molar-refractivity contribution in [2.75, 3.05) is 0 Å². The van der Waals surface area contributed by atoms with Crippen molar-refractivity contribution in [2.24, 2.45) is 5.92 Å². The molecule has 94 valence electrons. The second-order valence-corrected chi connectivity index (χ2v) is 6.04. The number of rotatable bonds is 2. The van der Waals surface area contributed by atoms with Crippen molar-refractivity contribution < 1.29 is 0 Å². The number of halogens is 1. The minimum atomic E-state index is 0.797. The molecule has 3 heteroatoms. The van der Waals surface area contributed by atoms with Crippen LogP contribution in [0.15, 0.2) is 34.9 Å². The molecule has 1 aromatic carbocycles. The van der Waals surface area contributed by atoms with Gasteiger partial charge in [-0.1, -0.05) is 41.1 Å². The lowest BCUT2D eigenvalue weighted by molar-refractivity contribution is 0.410. The lowest BCUT2D eigenvalue weighted by atomic mass is 9.98. The summed E-state index contributed by atoms with van der Waals surface area (Å²) < 4.78 is 3.57. The van der Waals surface area contributed by atoms with E-state index in [1.165, 1.54) is 34.4 Å². The fraction of sp³-hybridized carbons (Fsp3) is 0.400. The third-order valence-corrected chi connectivity index (χ3v) is 4.50. The van der Waals surface area contributed by atoms with E-state index in [-0.39, 0.29) is 0 Å². The van der Waals surface area contributed by atoms with E-state index in [4.69, 9.17) is 0 Å². The molecule has 1 aliphatic rings. The van der Waals surface area contributed by atoms with Gasteiger partial charge in [-0.25, -0.2) is 4.98 Å². The summed E-state index contributed by atoms with van der Waals surface area (Å²) in [4.78, 5) is 4.61. The minimum Gasteiger partial charge on any atom is -0.332 e. The number of fused-ring (bicyclic) bond motifs is 1. The normalized spacial score (nSPS) is 18.7. The van der Waals surface area contributed by atoms with Gasteiger partial charge in [-0.05, 0) is 30.4 Å². The minimum absolute atomic E-state index is 0.797. The van der Waals surface area contributed by atoms with Crippen molar-refractivity contribution >= 4 is 15.9 Å². The highest BCUT2D eigenvalue weighted by molar-refractivity contribution is 9.10. The molecule has 2 heterocycles. The van der Waals surface area contributed by atoms with E-state index in [1.807, 2.05) is 0 Å². The summed E-state index contributed by atoms with van der Waals surface area (Å²) in [5.41, 5.74) is 2.71. The molecule has 1 aromatic heterocycles. The van der Waals surface area contributed by atoms with Gasteiger partial charge in [-0.2, -0.15) is 0 Å². The van der Waals surface area contributed by atoms with Gasteiger partial charge in [0.25, 0.3) is 0 Å². The molecule has 0 amide bonds. The molecule has 2 aromatic rings. The molecule has 0 aliphatic carbocycles. The molecule has 3 rings (SSSR count). The topological polar surface area (TPSA) is 17.8 Å². The monoisotopic (exact) mass is 304 g/mol. The standard InChI is InChI=1S/C15H17BrN2/c1-11-6-7-18-13(8-11)10-17-15(18)9-12-4-2-3-5-14(12)16/h2-5,10-11H,6-9H2,1H3. The maximum absolute atomic E-state index is 4.61. The first-order chi connectivity index (χ1) is 8.74. The van der Waals surface area contributed by atoms with Gasteiger partial charge in [-0.15, -0.1) is 0 Å². The summed E-state index contributed by atoms with van der Waals surface area (Å²) in [6.45, 7) is 3.44. The Kier molecular flexibility index (Phi) is 3.25. The maximum Gasteiger partial charge on any atom is 0.113 e. The van der Waals surface area contributed by atoms with Crippen LogP contribution in [-0.2, 0) is 19.4 Å². The summed E-state index contributed by atoms with van der Waals surface area (Å²) in [6, 6.07) is 8.40. The Morgan fingerprint density at radius 2 is 2.22 bits per heavy atom. The van der Waals surface area contributed by atoms with E-state index >= 15 is 0 Å². The first-order valence-corrected chi connectivity index (χ1v) is 7.30. The van der Waals surface area contributed by atoms with E-state index in [0.717, 1.165) is 18.9 Å². The van der Waals surface area contributed by atoms with Crippen LogP contribution in [0.4, 0.5) is 0 Å². The zero-order chi connectivity index (χ0) is 12.5. The predicted molar refractivity (Wildman–Crippen MR) is 76.7 cm³/mol. The summed E-state index contributed by atoms with van der Waals surface area (Å²) in [5, 5.41) is 0. The molecule has 0 fully saturated rings. The van der Waals surface area contributed by atoms with Crippen LogP contribution in [0, 0.1) is 5.92 Å². The Bertz CT molecular complexity index is 559. The Morgan fingerprint density at radius 3 is 3.06 bits per heavy atom. The zero-order valence-electron chi connectivity index (χ0n) is 10.6. The van der Waals surface area contributed by atoms with Crippen molar-refractivity contribution in [3.8, 4) is 0 Å². The van der Waals surface area contributed by atoms with Crippen LogP contribution in [-0.4, -0.2) is 9.55 Å². The Labute approximate surface area is 116 Å². The fourth-order valence-electron chi connectivity index (χ4n) is 2.65. The molecule has 1 aliphatic heterocycles. The van der Waals surface area contributed by atoms with Crippen LogP contribution in [0.25, 0.3) is 0 Å². The second kappa shape index (κ2) is 4.88. The first-order valence-electron chi connectivity index (χ1n) is 6.50. The van der Waals surface area contributed by atoms with E-state index in [1.54, 1.807) is 0 Å². The second-order valence-electron chi connectivity index (χ2n) is 5.18. The van der Waals surface area contributed by atoms with E-state index in [9.17, 15) is 0 Å². The number of hydrogen-bond donors (Lipinski definition) is 0. The predicted octanol–water partition coefficient (Wildman–Crippen LogP) is 3.82. The van der Waals surface area contributed by atoms with Crippen molar-refractivity contribution in [2.45, 2.75) is 32.7 Å². The lowest BCUT2D eigenvalue weighted by Gasteiger charge is -2.22. The number of benzene rings is 1. The Morgan fingerprint density at radius 1 is 1.39 bits per heavy atom. The van der Waals surface area contributed by atoms with Crippen LogP contribution in [0.5, 0.6) is 0 Å². The van der Waals surface area contributed by atoms with Crippen LogP contribution in [0.1, 0.15) is 30.4 Å². The number of nitrogens with zero attached hydrogens (tertiary/aromatic N) is 2. The highest BCUT2D eigenvalue weighted by Crippen LogP contribution is 2.24. The van der Waals surface area contributed by atoms with Gasteiger partial charge in [0.1, 0.15) is 5.82 Å². The third kappa shape index (κ3) is 2.24. The third-order valence-electron chi connectivity index (χ3n) is 3.73. The van der Waals surface area contributed by atoms with Gasteiger partial charge in [0.05, 0.1) is 0 Å². The molecule has 18 heavy (non-hydrogen) atoms. The molecule has 1 atom stereocenters. The largest absolute Gasteiger partial charge is 0.332 e. The van der Waals surface area contributed by atoms with E-state index in [0.29, 0.717) is 0 Å². The molecular formula is C15H17BrN2. The molecule has 0 radical (unpaired) electrons. The average Bonchev–Trinajstić information content (AvgIpc) is 2.74. The van der Waals surface area contributed by atoms with Crippen molar-refractivity contribution in [1.82, 2.24) is 9.55 Å². The average molecular weight is 305 g/mol. The molecule has 0 bridgehead atoms. The van der Waals surface area contributed by atoms with Crippen LogP contribution < -0.4 is 0 Å². The van der Waals surface area contributed by atoms with Crippen LogP contribution in [0.3, 0.4) is 0 Å². The van der Waals surface area contributed by atoms with Crippen LogP contribution >= 0.6 is 15.9 Å². The van der Waals surface area contributed by atoms with Gasteiger partial charge in [0, 0.05) is 29.3 Å². The highest BCUT2D eigenvalue weighted by atomic mass is 79.9. The summed E-state index contributed by atoms with van der Waals surface area (Å²) >= 11 is 3.61. The Hall–Kier alpha value is -1.09. The number of hydrogen-bond acceptors (Lipinski definition) is 1. The van der Waals surface area contributed by atoms with Gasteiger partial charge in [0.2, 0.25) is 0 Å². The molecule has 0 saturated carbocycles. The van der Waals surface area contributed by atoms with Gasteiger partial charge in [0.15, 0.2) is 0 Å². The number of aromatic nitrogens is 2. The van der Waals surface area contributed by atoms with Crippen LogP contribution in [0.2, 0.25) is 0 Å². The summed E-state index contributed by atoms with van der Waals surface area (Å²) in [5.74, 6) is 1.99. The Balaban J connectivity index is 1.88. The molecular weight excluding hydrogens is 288 g/mol. The maximum atomic E-state index is 4.61. The summed E-state index contributed by atoms with van der Waals surface area (Å²) in [7, 11) is 0. The molecule has 1 unspecified atom stereocenters. The smallest absolute Gasteiger partial charge is 0.113 e. The lowest BCUT2D eigenvalue weighted by Crippen LogP contribution is -2.18. The molecule has 2 nitrogen and oxygen atoms in total. The van der Waals surface area contributed by atoms with E-state index < -0.39 is 0 Å². The van der Waals surface area contributed by atoms with Crippen molar-refractivity contribution in [1.29, 1.82) is 0 Å². The van der Waals surface area contributed by atoms with E-state index in [2.05, 4.69) is 62.9 Å². The van der Waals surface area contributed by atoms with Gasteiger partial charge in [-0.3, -0.25) is 0 Å². The van der Waals surface area contributed by atoms with Gasteiger partial charge < -0.3 is 4.57 Å². The van der Waals surface area contributed by atoms with Crippen molar-refractivity contribution in [3.05, 3.63) is 52.0 Å². The van der Waals surface area contributed by atoms with Crippen molar-refractivity contribution in [3.63, 3.8) is 0 Å². The molecule has 0 N–H and O–H groups in total. The number of imidazole rings is 1.